The highest BCUT2D eigenvalue weighted by atomic mass is 16.6. The summed E-state index contributed by atoms with van der Waals surface area (Å²) in [6.45, 7) is 1.87. The minimum Gasteiger partial charge on any atom is -0.478 e. The van der Waals surface area contributed by atoms with Crippen molar-refractivity contribution in [3.63, 3.8) is 0 Å². The molecule has 0 bridgehead atoms. The Balaban J connectivity index is 0.000000225. The number of quaternary nitrogens is 1. The Morgan fingerprint density at radius 2 is 1.15 bits per heavy atom. The van der Waals surface area contributed by atoms with E-state index in [-0.39, 0.29) is 11.1 Å². The fourth-order valence-corrected chi connectivity index (χ4v) is 2.95. The first-order chi connectivity index (χ1) is 18.5. The molecular formula is C29H27N2O8+. The molecule has 4 aromatic rings. The molecule has 1 amide bonds. The first-order valence-corrected chi connectivity index (χ1v) is 11.4. The van der Waals surface area contributed by atoms with Crippen LogP contribution in [0.1, 0.15) is 36.6 Å². The molecule has 0 fully saturated rings. The third-order valence-corrected chi connectivity index (χ3v) is 4.75. The van der Waals surface area contributed by atoms with Crippen molar-refractivity contribution in [1.82, 2.24) is 0 Å². The molecule has 0 heterocycles. The van der Waals surface area contributed by atoms with Gasteiger partial charge in [0.25, 0.3) is 0 Å². The zero-order chi connectivity index (χ0) is 28.8. The third-order valence-electron chi connectivity index (χ3n) is 4.75. The van der Waals surface area contributed by atoms with E-state index < -0.39 is 24.0 Å². The number of hydrogen-bond donors (Lipinski definition) is 5. The molecule has 0 aliphatic heterocycles. The summed E-state index contributed by atoms with van der Waals surface area (Å²) >= 11 is 0. The van der Waals surface area contributed by atoms with E-state index in [1.165, 1.54) is 24.3 Å². The minimum atomic E-state index is -1.06. The van der Waals surface area contributed by atoms with Crippen LogP contribution in [0.2, 0.25) is 0 Å². The number of benzene rings is 4. The largest absolute Gasteiger partial charge is 0.478 e. The predicted octanol–water partition coefficient (Wildman–Crippen LogP) is 4.95. The molecule has 0 atom stereocenters. The highest BCUT2D eigenvalue weighted by Crippen LogP contribution is 2.13. The van der Waals surface area contributed by atoms with Crippen LogP contribution in [-0.4, -0.2) is 39.3 Å². The summed E-state index contributed by atoms with van der Waals surface area (Å²) in [6, 6.07) is 27.8. The van der Waals surface area contributed by atoms with E-state index in [0.29, 0.717) is 17.0 Å². The lowest BCUT2D eigenvalue weighted by atomic mass is 10.1. The van der Waals surface area contributed by atoms with E-state index in [0.717, 1.165) is 11.3 Å². The van der Waals surface area contributed by atoms with Crippen LogP contribution in [0.3, 0.4) is 0 Å². The maximum atomic E-state index is 11.6. The van der Waals surface area contributed by atoms with Gasteiger partial charge in [0.2, 0.25) is 0 Å². The number of amides is 1. The molecule has 0 saturated heterocycles. The summed E-state index contributed by atoms with van der Waals surface area (Å²) in [6.07, 6.45) is -0.672. The number of aromatic carboxylic acids is 3. The van der Waals surface area contributed by atoms with Gasteiger partial charge in [-0.1, -0.05) is 48.0 Å². The number of nitrogens with one attached hydrogen (secondary N) is 1. The Labute approximate surface area is 223 Å². The van der Waals surface area contributed by atoms with Gasteiger partial charge in [-0.25, -0.2) is 19.2 Å². The number of hydrogen-bond acceptors (Lipinski definition) is 5. The number of ether oxygens (including phenoxy) is 1. The average molecular weight is 532 g/mol. The van der Waals surface area contributed by atoms with Crippen LogP contribution in [0.25, 0.3) is 0 Å². The van der Waals surface area contributed by atoms with Crippen LogP contribution >= 0.6 is 0 Å². The number of carboxylic acid groups (broad SMARTS) is 3. The van der Waals surface area contributed by atoms with E-state index >= 15 is 0 Å². The van der Waals surface area contributed by atoms with Crippen LogP contribution in [0, 0.1) is 6.92 Å². The topological polar surface area (TPSA) is 178 Å². The molecule has 0 spiro atoms. The zero-order valence-electron chi connectivity index (χ0n) is 20.9. The second-order valence-corrected chi connectivity index (χ2v) is 7.89. The lowest BCUT2D eigenvalue weighted by molar-refractivity contribution is -0.254. The molecule has 0 aromatic heterocycles. The van der Waals surface area contributed by atoms with Crippen molar-refractivity contribution in [2.24, 2.45) is 0 Å². The standard InChI is InChI=1S/C14H11NO4.C8H8O2.C7H7NO2/c16-13(17)10-5-4-6-11(9-10)15-14(18)19-12-7-2-1-3-8-12;1-6-3-2-4-7(5-6)8(9)10;8-6-3-1-2-5(4-6)7(9)10/h1-9H,(H,15,18)(H,16,17);2-5H,1H3,(H,9,10);1-4H,8H2,(H,9,10)/p+1. The molecule has 0 unspecified atom stereocenters. The summed E-state index contributed by atoms with van der Waals surface area (Å²) in [4.78, 5) is 43.0. The second kappa shape index (κ2) is 14.9. The smallest absolute Gasteiger partial charge is 0.417 e. The van der Waals surface area contributed by atoms with Crippen LogP contribution < -0.4 is 15.8 Å². The van der Waals surface area contributed by atoms with E-state index in [4.69, 9.17) is 20.1 Å². The highest BCUT2D eigenvalue weighted by Gasteiger charge is 2.07. The molecule has 39 heavy (non-hydrogen) atoms. The Bertz CT molecular complexity index is 1380. The summed E-state index contributed by atoms with van der Waals surface area (Å²) in [5.74, 6) is -2.43. The van der Waals surface area contributed by atoms with E-state index in [1.807, 2.05) is 13.0 Å². The molecule has 0 aliphatic rings. The van der Waals surface area contributed by atoms with Gasteiger partial charge in [-0.2, -0.15) is 0 Å². The second-order valence-electron chi connectivity index (χ2n) is 7.89. The van der Waals surface area contributed by atoms with Crippen molar-refractivity contribution in [1.29, 1.82) is 0 Å². The number of carboxylic acids is 3. The van der Waals surface area contributed by atoms with Gasteiger partial charge >= 0.3 is 24.0 Å². The van der Waals surface area contributed by atoms with Crippen LogP contribution in [-0.2, 0) is 0 Å². The van der Waals surface area contributed by atoms with Gasteiger partial charge in [-0.3, -0.25) is 5.32 Å². The van der Waals surface area contributed by atoms with Gasteiger partial charge in [0.15, 0.2) is 0 Å². The summed E-state index contributed by atoms with van der Waals surface area (Å²) in [7, 11) is 0. The van der Waals surface area contributed by atoms with E-state index in [1.54, 1.807) is 72.8 Å². The Morgan fingerprint density at radius 3 is 1.64 bits per heavy atom. The number of para-hydroxylation sites is 1. The van der Waals surface area contributed by atoms with Crippen molar-refractivity contribution >= 4 is 35.4 Å². The molecule has 4 aromatic carbocycles. The van der Waals surface area contributed by atoms with E-state index in [2.05, 4.69) is 11.1 Å². The first-order valence-electron chi connectivity index (χ1n) is 11.4. The average Bonchev–Trinajstić information content (AvgIpc) is 2.90. The molecule has 0 radical (unpaired) electrons. The lowest BCUT2D eigenvalue weighted by Crippen LogP contribution is -2.40. The Hall–Kier alpha value is -5.48. The first kappa shape index (κ1) is 29.7. The summed E-state index contributed by atoms with van der Waals surface area (Å²) < 4.78 is 5.02. The molecule has 200 valence electrons. The molecule has 10 nitrogen and oxygen atoms in total. The van der Waals surface area contributed by atoms with Gasteiger partial charge in [0.05, 0.1) is 16.7 Å². The van der Waals surface area contributed by atoms with Crippen molar-refractivity contribution < 1.29 is 45.0 Å². The molecule has 10 heteroatoms. The number of carbonyl (C=O) groups excluding carboxylic acids is 1. The van der Waals surface area contributed by atoms with Crippen molar-refractivity contribution in [2.45, 2.75) is 6.92 Å². The predicted molar refractivity (Wildman–Crippen MR) is 144 cm³/mol. The van der Waals surface area contributed by atoms with Gasteiger partial charge in [-0.15, -0.1) is 0 Å². The number of anilines is 1. The molecule has 4 rings (SSSR count). The van der Waals surface area contributed by atoms with Crippen molar-refractivity contribution in [2.75, 3.05) is 5.32 Å². The zero-order valence-corrected chi connectivity index (χ0v) is 20.9. The van der Waals surface area contributed by atoms with Crippen LogP contribution in [0.5, 0.6) is 5.75 Å². The van der Waals surface area contributed by atoms with Crippen LogP contribution in [0.15, 0.2) is 103 Å². The number of rotatable bonds is 5. The molecule has 0 saturated carbocycles. The maximum absolute atomic E-state index is 11.6. The van der Waals surface area contributed by atoms with Gasteiger partial charge in [-0.05, 0) is 61.5 Å². The number of carbonyl (C=O) groups is 4. The fourth-order valence-electron chi connectivity index (χ4n) is 2.95. The van der Waals surface area contributed by atoms with Gasteiger partial charge < -0.3 is 25.8 Å². The van der Waals surface area contributed by atoms with E-state index in [9.17, 15) is 19.2 Å². The summed E-state index contributed by atoms with van der Waals surface area (Å²) in [5.41, 5.74) is 6.38. The maximum Gasteiger partial charge on any atom is 0.417 e. The van der Waals surface area contributed by atoms with Gasteiger partial charge in [0.1, 0.15) is 11.4 Å². The quantitative estimate of drug-likeness (QED) is 0.240. The molecular weight excluding hydrogens is 504 g/mol. The highest BCUT2D eigenvalue weighted by molar-refractivity contribution is 5.92. The van der Waals surface area contributed by atoms with Crippen molar-refractivity contribution in [3.05, 3.63) is 125 Å². The van der Waals surface area contributed by atoms with Crippen molar-refractivity contribution in [3.8, 4) is 5.75 Å². The lowest BCUT2D eigenvalue weighted by Gasteiger charge is -2.06. The van der Waals surface area contributed by atoms with Crippen LogP contribution in [0.4, 0.5) is 16.2 Å². The number of aryl methyl sites for hydroxylation is 1. The van der Waals surface area contributed by atoms with Gasteiger partial charge in [0, 0.05) is 11.8 Å². The Morgan fingerprint density at radius 1 is 0.641 bits per heavy atom. The third kappa shape index (κ3) is 11.0. The Kier molecular flexibility index (Phi) is 11.4. The molecule has 7 N–H and O–H groups in total. The molecule has 0 aliphatic carbocycles. The monoisotopic (exact) mass is 531 g/mol. The SMILES string of the molecule is Cc1cccc(C(=O)O)c1.O=C(Nc1cccc(C(=O)O)c1)Oc1ccccc1.[NH3+]c1cccc(C(=O)O)c1. The normalized spacial score (nSPS) is 9.49. The minimum absolute atomic E-state index is 0.0949. The summed E-state index contributed by atoms with van der Waals surface area (Å²) in [5, 5.41) is 28.3. The fraction of sp³-hybridized carbons (Fsp3) is 0.0345.